The van der Waals surface area contributed by atoms with E-state index in [1.807, 2.05) is 52.2 Å². The lowest BCUT2D eigenvalue weighted by molar-refractivity contribution is -0.128. The van der Waals surface area contributed by atoms with E-state index in [4.69, 9.17) is 16.3 Å². The number of thioether (sulfide) groups is 1. The Morgan fingerprint density at radius 2 is 2.18 bits per heavy atom. The van der Waals surface area contributed by atoms with Gasteiger partial charge in [0.2, 0.25) is 5.91 Å². The number of aromatic nitrogens is 1. The zero-order valence-corrected chi connectivity index (χ0v) is 13.8. The van der Waals surface area contributed by atoms with E-state index in [-0.39, 0.29) is 11.3 Å². The van der Waals surface area contributed by atoms with E-state index < -0.39 is 0 Å². The number of carbonyl (C=O) groups is 1. The van der Waals surface area contributed by atoms with E-state index in [1.54, 1.807) is 18.9 Å². The molecule has 1 aliphatic rings. The number of methoxy groups -OCH3 is 1. The molecule has 116 valence electrons. The van der Waals surface area contributed by atoms with Gasteiger partial charge in [-0.3, -0.25) is 4.79 Å². The summed E-state index contributed by atoms with van der Waals surface area (Å²) in [6.45, 7) is 1.16. The largest absolute Gasteiger partial charge is 0.383 e. The molecule has 3 rings (SSSR count). The molecule has 4 nitrogen and oxygen atoms in total. The van der Waals surface area contributed by atoms with Crippen molar-refractivity contribution >= 4 is 29.3 Å². The second-order valence-electron chi connectivity index (χ2n) is 5.05. The van der Waals surface area contributed by atoms with Crippen molar-refractivity contribution in [1.29, 1.82) is 0 Å². The average Bonchev–Trinajstić information content (AvgIpc) is 3.12. The molecule has 22 heavy (non-hydrogen) atoms. The summed E-state index contributed by atoms with van der Waals surface area (Å²) >= 11 is 7.89. The van der Waals surface area contributed by atoms with Crippen molar-refractivity contribution in [3.8, 4) is 5.69 Å². The van der Waals surface area contributed by atoms with E-state index in [2.05, 4.69) is 0 Å². The third-order valence-corrected chi connectivity index (χ3v) is 5.21. The fourth-order valence-corrected chi connectivity index (χ4v) is 3.97. The summed E-state index contributed by atoms with van der Waals surface area (Å²) in [6.07, 6.45) is 4.02. The molecule has 0 radical (unpaired) electrons. The third-order valence-electron chi connectivity index (χ3n) is 3.64. The minimum Gasteiger partial charge on any atom is -0.383 e. The molecule has 1 fully saturated rings. The molecule has 0 unspecified atom stereocenters. The van der Waals surface area contributed by atoms with Crippen molar-refractivity contribution in [2.75, 3.05) is 26.0 Å². The van der Waals surface area contributed by atoms with Crippen LogP contribution >= 0.6 is 23.4 Å². The first-order valence-corrected chi connectivity index (χ1v) is 8.46. The Labute approximate surface area is 139 Å². The molecule has 0 bridgehead atoms. The molecule has 2 aromatic rings. The topological polar surface area (TPSA) is 34.5 Å². The number of carbonyl (C=O) groups excluding carboxylic acids is 1. The van der Waals surface area contributed by atoms with Gasteiger partial charge in [-0.25, -0.2) is 0 Å². The van der Waals surface area contributed by atoms with Gasteiger partial charge in [0.05, 0.1) is 23.1 Å². The summed E-state index contributed by atoms with van der Waals surface area (Å²) in [5.74, 6) is 0.684. The molecule has 1 atom stereocenters. The molecule has 6 heteroatoms. The third kappa shape index (κ3) is 3.02. The van der Waals surface area contributed by atoms with Crippen LogP contribution in [0, 0.1) is 0 Å². The highest BCUT2D eigenvalue weighted by atomic mass is 35.5. The fraction of sp³-hybridized carbons (Fsp3) is 0.312. The van der Waals surface area contributed by atoms with Crippen molar-refractivity contribution in [2.24, 2.45) is 0 Å². The van der Waals surface area contributed by atoms with Crippen LogP contribution in [0.1, 0.15) is 10.9 Å². The van der Waals surface area contributed by atoms with Crippen molar-refractivity contribution < 1.29 is 9.53 Å². The summed E-state index contributed by atoms with van der Waals surface area (Å²) in [4.78, 5) is 13.9. The van der Waals surface area contributed by atoms with Crippen LogP contribution in [-0.2, 0) is 9.53 Å². The van der Waals surface area contributed by atoms with Crippen LogP contribution < -0.4 is 0 Å². The van der Waals surface area contributed by atoms with Crippen LogP contribution in [0.3, 0.4) is 0 Å². The minimum atomic E-state index is 0.0476. The second kappa shape index (κ2) is 6.77. The monoisotopic (exact) mass is 336 g/mol. The number of halogens is 1. The van der Waals surface area contributed by atoms with Crippen LogP contribution in [0.2, 0.25) is 5.02 Å². The first-order valence-electron chi connectivity index (χ1n) is 7.03. The Kier molecular flexibility index (Phi) is 4.76. The molecule has 2 heterocycles. The minimum absolute atomic E-state index is 0.0476. The van der Waals surface area contributed by atoms with Crippen LogP contribution in [0.4, 0.5) is 0 Å². The molecular weight excluding hydrogens is 320 g/mol. The van der Waals surface area contributed by atoms with E-state index in [0.717, 1.165) is 11.3 Å². The highest BCUT2D eigenvalue weighted by Gasteiger charge is 2.32. The molecule has 1 aromatic heterocycles. The molecule has 1 amide bonds. The Morgan fingerprint density at radius 1 is 1.36 bits per heavy atom. The second-order valence-corrected chi connectivity index (χ2v) is 6.52. The highest BCUT2D eigenvalue weighted by Crippen LogP contribution is 2.39. The lowest BCUT2D eigenvalue weighted by Gasteiger charge is -2.22. The molecule has 1 aliphatic heterocycles. The van der Waals surface area contributed by atoms with Crippen molar-refractivity contribution in [3.63, 3.8) is 0 Å². The van der Waals surface area contributed by atoms with E-state index >= 15 is 0 Å². The highest BCUT2D eigenvalue weighted by molar-refractivity contribution is 8.00. The van der Waals surface area contributed by atoms with Crippen LogP contribution in [0.5, 0.6) is 0 Å². The fourth-order valence-electron chi connectivity index (χ4n) is 2.53. The van der Waals surface area contributed by atoms with Gasteiger partial charge in [-0.15, -0.1) is 11.8 Å². The Balaban J connectivity index is 1.84. The van der Waals surface area contributed by atoms with Gasteiger partial charge < -0.3 is 14.2 Å². The van der Waals surface area contributed by atoms with E-state index in [0.29, 0.717) is 23.9 Å². The Bertz CT molecular complexity index is 674. The smallest absolute Gasteiger partial charge is 0.233 e. The predicted octanol–water partition coefficient (Wildman–Crippen LogP) is 3.35. The van der Waals surface area contributed by atoms with Gasteiger partial charge in [0.15, 0.2) is 0 Å². The van der Waals surface area contributed by atoms with Crippen molar-refractivity contribution in [1.82, 2.24) is 9.47 Å². The number of hydrogen-bond acceptors (Lipinski definition) is 3. The van der Waals surface area contributed by atoms with Crippen molar-refractivity contribution in [3.05, 3.63) is 53.3 Å². The summed E-state index contributed by atoms with van der Waals surface area (Å²) < 4.78 is 7.10. The van der Waals surface area contributed by atoms with E-state index in [1.165, 1.54) is 0 Å². The van der Waals surface area contributed by atoms with Gasteiger partial charge in [-0.1, -0.05) is 23.7 Å². The summed E-state index contributed by atoms with van der Waals surface area (Å²) in [5, 5.41) is 0.752. The number of hydrogen-bond donors (Lipinski definition) is 0. The van der Waals surface area contributed by atoms with Crippen LogP contribution in [-0.4, -0.2) is 41.4 Å². The van der Waals surface area contributed by atoms with Gasteiger partial charge in [-0.2, -0.15) is 0 Å². The molecular formula is C16H17ClN2O2S. The predicted molar refractivity (Wildman–Crippen MR) is 89.6 cm³/mol. The Morgan fingerprint density at radius 3 is 2.95 bits per heavy atom. The SMILES string of the molecule is COCCN1C(=O)CS[C@H]1c1ccn(-c2ccccc2Cl)c1. The normalized spacial score (nSPS) is 18.2. The maximum absolute atomic E-state index is 12.0. The first-order chi connectivity index (χ1) is 10.7. The quantitative estimate of drug-likeness (QED) is 0.839. The molecule has 0 spiro atoms. The van der Waals surface area contributed by atoms with E-state index in [9.17, 15) is 4.79 Å². The molecule has 0 saturated carbocycles. The van der Waals surface area contributed by atoms with Gasteiger partial charge >= 0.3 is 0 Å². The first kappa shape index (κ1) is 15.5. The van der Waals surface area contributed by atoms with Gasteiger partial charge in [0.25, 0.3) is 0 Å². The number of benzene rings is 1. The number of rotatable bonds is 5. The van der Waals surface area contributed by atoms with Gasteiger partial charge in [0.1, 0.15) is 5.37 Å². The number of para-hydroxylation sites is 1. The summed E-state index contributed by atoms with van der Waals surface area (Å²) in [7, 11) is 1.65. The zero-order chi connectivity index (χ0) is 15.5. The summed E-state index contributed by atoms with van der Waals surface area (Å²) in [5.41, 5.74) is 2.04. The standard InChI is InChI=1S/C16H17ClN2O2S/c1-21-9-8-19-15(20)11-22-16(19)12-6-7-18(10-12)14-5-3-2-4-13(14)17/h2-7,10,16H,8-9,11H2,1H3/t16-/m0/s1. The number of amides is 1. The lowest BCUT2D eigenvalue weighted by atomic mass is 10.3. The maximum Gasteiger partial charge on any atom is 0.233 e. The maximum atomic E-state index is 12.0. The average molecular weight is 337 g/mol. The number of ether oxygens (including phenoxy) is 1. The van der Waals surface area contributed by atoms with Crippen LogP contribution in [0.15, 0.2) is 42.7 Å². The van der Waals surface area contributed by atoms with Gasteiger partial charge in [0, 0.05) is 31.6 Å². The molecule has 1 saturated heterocycles. The zero-order valence-electron chi connectivity index (χ0n) is 12.2. The molecule has 1 aromatic carbocycles. The lowest BCUT2D eigenvalue weighted by Crippen LogP contribution is -2.31. The molecule has 0 N–H and O–H groups in total. The van der Waals surface area contributed by atoms with Gasteiger partial charge in [-0.05, 0) is 18.2 Å². The Hall–Kier alpha value is -1.43. The number of nitrogens with zero attached hydrogens (tertiary/aromatic N) is 2. The van der Waals surface area contributed by atoms with Crippen LogP contribution in [0.25, 0.3) is 5.69 Å². The summed E-state index contributed by atoms with van der Waals surface area (Å²) in [6, 6.07) is 9.75. The van der Waals surface area contributed by atoms with Crippen molar-refractivity contribution in [2.45, 2.75) is 5.37 Å². The molecule has 0 aliphatic carbocycles.